The van der Waals surface area contributed by atoms with Crippen molar-refractivity contribution in [2.45, 2.75) is 19.3 Å². The molecule has 2 aromatic heterocycles. The molecular formula is C17H22N4OS2. The number of thiazole rings is 1. The van der Waals surface area contributed by atoms with Gasteiger partial charge in [-0.2, -0.15) is 11.8 Å². The zero-order valence-corrected chi connectivity index (χ0v) is 15.3. The summed E-state index contributed by atoms with van der Waals surface area (Å²) >= 11 is 3.69. The van der Waals surface area contributed by atoms with Crippen molar-refractivity contribution in [3.8, 4) is 0 Å². The van der Waals surface area contributed by atoms with E-state index in [0.717, 1.165) is 67.6 Å². The van der Waals surface area contributed by atoms with E-state index in [1.807, 2.05) is 30.2 Å². The molecule has 24 heavy (non-hydrogen) atoms. The first kappa shape index (κ1) is 16.1. The standard InChI is InChI=1S/C17H22N4OS2/c22-16(20-7-9-23-10-8-20)11-13-2-5-21(6-3-13)17-19-14-12-18-4-1-15(14)24-17/h1,4,12-13H,2-3,5-11H2. The second kappa shape index (κ2) is 7.27. The minimum absolute atomic E-state index is 0.361. The lowest BCUT2D eigenvalue weighted by Crippen LogP contribution is -2.40. The van der Waals surface area contributed by atoms with Gasteiger partial charge < -0.3 is 9.80 Å². The summed E-state index contributed by atoms with van der Waals surface area (Å²) < 4.78 is 1.19. The number of rotatable bonds is 3. The van der Waals surface area contributed by atoms with Gasteiger partial charge in [0.05, 0.1) is 10.9 Å². The summed E-state index contributed by atoms with van der Waals surface area (Å²) in [6.45, 7) is 3.87. The third-order valence-corrected chi connectivity index (χ3v) is 6.93. The Kier molecular flexibility index (Phi) is 4.89. The fraction of sp³-hybridized carbons (Fsp3) is 0.588. The fourth-order valence-corrected chi connectivity index (χ4v) is 5.31. The molecular weight excluding hydrogens is 340 g/mol. The Morgan fingerprint density at radius 2 is 2.00 bits per heavy atom. The predicted molar refractivity (Wildman–Crippen MR) is 101 cm³/mol. The molecule has 7 heteroatoms. The number of carbonyl (C=O) groups excluding carboxylic acids is 1. The molecule has 2 saturated heterocycles. The Labute approximate surface area is 150 Å². The topological polar surface area (TPSA) is 49.3 Å². The summed E-state index contributed by atoms with van der Waals surface area (Å²) in [5, 5.41) is 1.09. The monoisotopic (exact) mass is 362 g/mol. The van der Waals surface area contributed by atoms with Crippen LogP contribution in [0.1, 0.15) is 19.3 Å². The van der Waals surface area contributed by atoms with Gasteiger partial charge in [-0.15, -0.1) is 0 Å². The highest BCUT2D eigenvalue weighted by molar-refractivity contribution is 7.99. The first-order chi connectivity index (χ1) is 11.8. The molecule has 0 N–H and O–H groups in total. The highest BCUT2D eigenvalue weighted by Gasteiger charge is 2.26. The molecule has 4 heterocycles. The molecule has 128 valence electrons. The molecule has 2 aromatic rings. The molecule has 4 rings (SSSR count). The SMILES string of the molecule is O=C(CC1CCN(c2nc3cnccc3s2)CC1)N1CCSCC1. The zero-order valence-electron chi connectivity index (χ0n) is 13.7. The largest absolute Gasteiger partial charge is 0.348 e. The third-order valence-electron chi connectivity index (χ3n) is 4.89. The number of fused-ring (bicyclic) bond motifs is 1. The molecule has 2 fully saturated rings. The maximum atomic E-state index is 12.4. The van der Waals surface area contributed by atoms with Gasteiger partial charge in [0.25, 0.3) is 0 Å². The van der Waals surface area contributed by atoms with Crippen molar-refractivity contribution < 1.29 is 4.79 Å². The Morgan fingerprint density at radius 3 is 2.75 bits per heavy atom. The van der Waals surface area contributed by atoms with Crippen LogP contribution >= 0.6 is 23.1 Å². The van der Waals surface area contributed by atoms with E-state index >= 15 is 0 Å². The number of aromatic nitrogens is 2. The summed E-state index contributed by atoms with van der Waals surface area (Å²) in [5.41, 5.74) is 0.984. The Balaban J connectivity index is 1.32. The van der Waals surface area contributed by atoms with E-state index < -0.39 is 0 Å². The van der Waals surface area contributed by atoms with Gasteiger partial charge in [-0.3, -0.25) is 9.78 Å². The average Bonchev–Trinajstić information content (AvgIpc) is 3.07. The number of hydrogen-bond acceptors (Lipinski definition) is 6. The number of piperidine rings is 1. The molecule has 0 radical (unpaired) electrons. The van der Waals surface area contributed by atoms with E-state index in [4.69, 9.17) is 4.98 Å². The molecule has 0 atom stereocenters. The first-order valence-electron chi connectivity index (χ1n) is 8.60. The highest BCUT2D eigenvalue weighted by atomic mass is 32.2. The molecule has 0 aromatic carbocycles. The molecule has 0 spiro atoms. The summed E-state index contributed by atoms with van der Waals surface area (Å²) in [4.78, 5) is 25.7. The Bertz CT molecular complexity index is 672. The van der Waals surface area contributed by atoms with Crippen molar-refractivity contribution in [1.29, 1.82) is 0 Å². The summed E-state index contributed by atoms with van der Waals surface area (Å²) in [6.07, 6.45) is 6.55. The van der Waals surface area contributed by atoms with Crippen molar-refractivity contribution in [3.63, 3.8) is 0 Å². The number of nitrogens with zero attached hydrogens (tertiary/aromatic N) is 4. The summed E-state index contributed by atoms with van der Waals surface area (Å²) in [6, 6.07) is 2.03. The maximum absolute atomic E-state index is 12.4. The van der Waals surface area contributed by atoms with Gasteiger partial charge in [-0.05, 0) is 24.8 Å². The van der Waals surface area contributed by atoms with E-state index in [0.29, 0.717) is 11.8 Å². The minimum Gasteiger partial charge on any atom is -0.348 e. The minimum atomic E-state index is 0.361. The van der Waals surface area contributed by atoms with Crippen LogP contribution in [0.5, 0.6) is 0 Å². The third kappa shape index (κ3) is 3.52. The molecule has 2 aliphatic heterocycles. The van der Waals surface area contributed by atoms with Gasteiger partial charge in [0.2, 0.25) is 5.91 Å². The first-order valence-corrected chi connectivity index (χ1v) is 10.6. The van der Waals surface area contributed by atoms with E-state index in [9.17, 15) is 4.79 Å². The van der Waals surface area contributed by atoms with Crippen molar-refractivity contribution in [2.75, 3.05) is 42.6 Å². The van der Waals surface area contributed by atoms with Crippen molar-refractivity contribution in [1.82, 2.24) is 14.9 Å². The smallest absolute Gasteiger partial charge is 0.222 e. The van der Waals surface area contributed by atoms with Crippen LogP contribution in [0.3, 0.4) is 0 Å². The number of pyridine rings is 1. The van der Waals surface area contributed by atoms with Crippen molar-refractivity contribution in [3.05, 3.63) is 18.5 Å². The Morgan fingerprint density at radius 1 is 1.21 bits per heavy atom. The number of thioether (sulfide) groups is 1. The van der Waals surface area contributed by atoms with E-state index in [1.54, 1.807) is 11.3 Å². The molecule has 0 saturated carbocycles. The predicted octanol–water partition coefficient (Wildman–Crippen LogP) is 2.87. The average molecular weight is 363 g/mol. The number of hydrogen-bond donors (Lipinski definition) is 0. The van der Waals surface area contributed by atoms with E-state index in [2.05, 4.69) is 14.8 Å². The molecule has 0 aliphatic carbocycles. The van der Waals surface area contributed by atoms with Crippen molar-refractivity contribution in [2.24, 2.45) is 5.92 Å². The lowest BCUT2D eigenvalue weighted by atomic mass is 9.93. The second-order valence-electron chi connectivity index (χ2n) is 6.47. The maximum Gasteiger partial charge on any atom is 0.222 e. The van der Waals surface area contributed by atoms with Crippen LogP contribution in [0.4, 0.5) is 5.13 Å². The molecule has 5 nitrogen and oxygen atoms in total. The molecule has 0 unspecified atom stereocenters. The van der Waals surface area contributed by atoms with E-state index in [-0.39, 0.29) is 0 Å². The summed E-state index contributed by atoms with van der Waals surface area (Å²) in [5.74, 6) is 3.08. The van der Waals surface area contributed by atoms with Gasteiger partial charge in [0, 0.05) is 50.3 Å². The van der Waals surface area contributed by atoms with Gasteiger partial charge in [-0.1, -0.05) is 11.3 Å². The number of anilines is 1. The number of carbonyl (C=O) groups is 1. The molecule has 0 bridgehead atoms. The fourth-order valence-electron chi connectivity index (χ4n) is 3.42. The van der Waals surface area contributed by atoms with Gasteiger partial charge in [0.15, 0.2) is 5.13 Å². The van der Waals surface area contributed by atoms with Crippen LogP contribution in [0, 0.1) is 5.92 Å². The van der Waals surface area contributed by atoms with Gasteiger partial charge >= 0.3 is 0 Å². The van der Waals surface area contributed by atoms with Gasteiger partial charge in [0.1, 0.15) is 5.52 Å². The van der Waals surface area contributed by atoms with Crippen LogP contribution < -0.4 is 4.90 Å². The van der Waals surface area contributed by atoms with Crippen LogP contribution in [0.15, 0.2) is 18.5 Å². The van der Waals surface area contributed by atoms with Gasteiger partial charge in [-0.25, -0.2) is 4.98 Å². The van der Waals surface area contributed by atoms with Crippen LogP contribution in [-0.4, -0.2) is 58.5 Å². The normalized spacial score (nSPS) is 19.8. The lowest BCUT2D eigenvalue weighted by Gasteiger charge is -2.33. The lowest BCUT2D eigenvalue weighted by molar-refractivity contribution is -0.132. The zero-order chi connectivity index (χ0) is 16.4. The highest BCUT2D eigenvalue weighted by Crippen LogP contribution is 2.31. The van der Waals surface area contributed by atoms with Crippen LogP contribution in [0.2, 0.25) is 0 Å². The van der Waals surface area contributed by atoms with Crippen LogP contribution in [0.25, 0.3) is 10.2 Å². The van der Waals surface area contributed by atoms with Crippen LogP contribution in [-0.2, 0) is 4.79 Å². The second-order valence-corrected chi connectivity index (χ2v) is 8.70. The Hall–Kier alpha value is -1.34. The number of amides is 1. The van der Waals surface area contributed by atoms with Crippen molar-refractivity contribution >= 4 is 44.4 Å². The molecule has 2 aliphatic rings. The quantitative estimate of drug-likeness (QED) is 0.840. The summed E-state index contributed by atoms with van der Waals surface area (Å²) in [7, 11) is 0. The molecule has 1 amide bonds. The van der Waals surface area contributed by atoms with E-state index in [1.165, 1.54) is 4.70 Å².